The molecule has 2 aromatic carbocycles. The van der Waals surface area contributed by atoms with E-state index in [4.69, 9.17) is 4.84 Å². The standard InChI is InChI=1S/C36H43N3O7S/c1-7-37-28-17-15-24(2)22-26(28)35(3,4)30(37)12-11-13-31-36(5,6)27-23-25(47(43,44)45)16-18-29(27)38(31)21-10-8-9-14-34(42)46-39-32(40)19-20-33(39)41/h11-13,15-18,22-23H,7-10,14,19-21H2,1-6H3/p+1. The highest BCUT2D eigenvalue weighted by molar-refractivity contribution is 7.85. The summed E-state index contributed by atoms with van der Waals surface area (Å²) < 4.78 is 36.0. The largest absolute Gasteiger partial charge is 0.344 e. The fourth-order valence-electron chi connectivity index (χ4n) is 6.94. The predicted octanol–water partition coefficient (Wildman–Crippen LogP) is 6.04. The molecule has 1 fully saturated rings. The van der Waals surface area contributed by atoms with Crippen molar-refractivity contribution in [2.24, 2.45) is 0 Å². The summed E-state index contributed by atoms with van der Waals surface area (Å²) in [6.45, 7) is 14.2. The molecule has 47 heavy (non-hydrogen) atoms. The molecule has 3 aliphatic rings. The van der Waals surface area contributed by atoms with Gasteiger partial charge in [0.25, 0.3) is 21.9 Å². The lowest BCUT2D eigenvalue weighted by Gasteiger charge is -2.25. The number of fused-ring (bicyclic) bond motifs is 2. The van der Waals surface area contributed by atoms with Crippen LogP contribution in [0.5, 0.6) is 0 Å². The maximum atomic E-state index is 12.3. The number of imide groups is 1. The molecule has 250 valence electrons. The number of carbonyl (C=O) groups is 3. The second-order valence-electron chi connectivity index (χ2n) is 13.5. The maximum Gasteiger partial charge on any atom is 0.333 e. The van der Waals surface area contributed by atoms with Crippen LogP contribution in [0.25, 0.3) is 0 Å². The van der Waals surface area contributed by atoms with E-state index in [-0.39, 0.29) is 29.6 Å². The van der Waals surface area contributed by atoms with Crippen LogP contribution < -0.4 is 4.90 Å². The molecule has 0 aromatic heterocycles. The predicted molar refractivity (Wildman–Crippen MR) is 179 cm³/mol. The van der Waals surface area contributed by atoms with Crippen LogP contribution in [0.1, 0.15) is 89.8 Å². The number of carbonyl (C=O) groups excluding carboxylic acids is 3. The molecule has 1 saturated heterocycles. The molecule has 0 radical (unpaired) electrons. The van der Waals surface area contributed by atoms with E-state index in [1.54, 1.807) is 12.1 Å². The number of allylic oxidation sites excluding steroid dienone is 4. The zero-order valence-corrected chi connectivity index (χ0v) is 28.8. The number of hydroxylamine groups is 2. The molecule has 0 atom stereocenters. The van der Waals surface area contributed by atoms with Gasteiger partial charge in [0.15, 0.2) is 5.71 Å². The van der Waals surface area contributed by atoms with Gasteiger partial charge in [-0.25, -0.2) is 4.79 Å². The number of unbranched alkanes of at least 4 members (excludes halogenated alkanes) is 2. The van der Waals surface area contributed by atoms with E-state index in [1.807, 2.05) is 13.8 Å². The molecule has 0 saturated carbocycles. The van der Waals surface area contributed by atoms with E-state index in [1.165, 1.54) is 28.6 Å². The molecule has 3 aliphatic heterocycles. The monoisotopic (exact) mass is 662 g/mol. The van der Waals surface area contributed by atoms with Crippen molar-refractivity contribution in [1.29, 1.82) is 0 Å². The van der Waals surface area contributed by atoms with Gasteiger partial charge in [-0.05, 0) is 70.4 Å². The van der Waals surface area contributed by atoms with Crippen molar-refractivity contribution in [3.63, 3.8) is 0 Å². The molecule has 3 heterocycles. The second-order valence-corrected chi connectivity index (χ2v) is 14.9. The molecule has 0 aliphatic carbocycles. The summed E-state index contributed by atoms with van der Waals surface area (Å²) in [6.07, 6.45) is 8.41. The minimum Gasteiger partial charge on any atom is -0.344 e. The van der Waals surface area contributed by atoms with Gasteiger partial charge < -0.3 is 9.74 Å². The van der Waals surface area contributed by atoms with Crippen molar-refractivity contribution in [1.82, 2.24) is 5.06 Å². The summed E-state index contributed by atoms with van der Waals surface area (Å²) >= 11 is 0. The average Bonchev–Trinajstić information content (AvgIpc) is 3.51. The highest BCUT2D eigenvalue weighted by atomic mass is 32.2. The Balaban J connectivity index is 1.38. The SMILES string of the molecule is CCN1C(=CC=CC2=[N+](CCCCCC(=O)ON3C(=O)CCC3=O)c3ccc(S(=O)(=O)O)cc3C2(C)C)C(C)(C)c2cc(C)ccc21. The molecule has 11 heteroatoms. The molecule has 2 amide bonds. The molecular formula is C36H44N3O7S+. The van der Waals surface area contributed by atoms with Gasteiger partial charge in [-0.3, -0.25) is 14.1 Å². The zero-order chi connectivity index (χ0) is 34.3. The van der Waals surface area contributed by atoms with Crippen LogP contribution in [-0.4, -0.2) is 59.2 Å². The first-order valence-corrected chi connectivity index (χ1v) is 17.6. The number of amides is 2. The van der Waals surface area contributed by atoms with Gasteiger partial charge in [-0.2, -0.15) is 13.0 Å². The third kappa shape index (κ3) is 6.56. The van der Waals surface area contributed by atoms with Crippen molar-refractivity contribution in [2.45, 2.75) is 95.8 Å². The number of rotatable bonds is 11. The van der Waals surface area contributed by atoms with Crippen LogP contribution in [-0.2, 0) is 40.2 Å². The van der Waals surface area contributed by atoms with Gasteiger partial charge in [-0.15, -0.1) is 5.06 Å². The number of nitrogens with zero attached hydrogens (tertiary/aromatic N) is 3. The van der Waals surface area contributed by atoms with Crippen molar-refractivity contribution in [3.05, 3.63) is 77.0 Å². The number of aryl methyl sites for hydroxylation is 1. The van der Waals surface area contributed by atoms with Gasteiger partial charge in [0.1, 0.15) is 6.54 Å². The zero-order valence-electron chi connectivity index (χ0n) is 28.0. The molecule has 1 N–H and O–H groups in total. The average molecular weight is 663 g/mol. The van der Waals surface area contributed by atoms with Crippen LogP contribution in [0.4, 0.5) is 11.4 Å². The number of benzene rings is 2. The summed E-state index contributed by atoms with van der Waals surface area (Å²) in [6, 6.07) is 11.3. The first-order chi connectivity index (χ1) is 22.1. The van der Waals surface area contributed by atoms with E-state index in [2.05, 4.69) is 73.6 Å². The topological polar surface area (TPSA) is 124 Å². The lowest BCUT2D eigenvalue weighted by Crippen LogP contribution is -2.31. The minimum atomic E-state index is -4.39. The summed E-state index contributed by atoms with van der Waals surface area (Å²) in [5, 5.41) is 0.571. The Hall–Kier alpha value is -4.09. The molecule has 5 rings (SSSR count). The molecule has 2 aromatic rings. The molecule has 0 bridgehead atoms. The third-order valence-electron chi connectivity index (χ3n) is 9.49. The number of hydrogen-bond donors (Lipinski definition) is 1. The van der Waals surface area contributed by atoms with Crippen molar-refractivity contribution in [2.75, 3.05) is 18.0 Å². The highest BCUT2D eigenvalue weighted by Gasteiger charge is 2.45. The molecule has 0 unspecified atom stereocenters. The maximum absolute atomic E-state index is 12.3. The highest BCUT2D eigenvalue weighted by Crippen LogP contribution is 2.48. The van der Waals surface area contributed by atoms with E-state index in [9.17, 15) is 27.4 Å². The van der Waals surface area contributed by atoms with Gasteiger partial charge in [0.05, 0.1) is 10.3 Å². The summed E-state index contributed by atoms with van der Waals surface area (Å²) in [5.41, 5.74) is 6.79. The Labute approximate surface area is 277 Å². The Morgan fingerprint density at radius 3 is 2.34 bits per heavy atom. The van der Waals surface area contributed by atoms with Crippen LogP contribution in [0.2, 0.25) is 0 Å². The van der Waals surface area contributed by atoms with Gasteiger partial charge in [0, 0.05) is 66.7 Å². The van der Waals surface area contributed by atoms with Crippen molar-refractivity contribution < 1.29 is 36.8 Å². The normalized spacial score (nSPS) is 19.3. The Morgan fingerprint density at radius 2 is 1.68 bits per heavy atom. The lowest BCUT2D eigenvalue weighted by atomic mass is 9.81. The number of hydrogen-bond acceptors (Lipinski definition) is 7. The Bertz CT molecular complexity index is 1820. The Morgan fingerprint density at radius 1 is 0.979 bits per heavy atom. The number of anilines is 1. The fraction of sp³-hybridized carbons (Fsp3) is 0.444. The molecule has 0 spiro atoms. The third-order valence-corrected chi connectivity index (χ3v) is 10.3. The first-order valence-electron chi connectivity index (χ1n) is 16.2. The molecular weight excluding hydrogens is 618 g/mol. The Kier molecular flexibility index (Phi) is 9.36. The van der Waals surface area contributed by atoms with Crippen molar-refractivity contribution in [3.8, 4) is 0 Å². The van der Waals surface area contributed by atoms with Crippen LogP contribution in [0.3, 0.4) is 0 Å². The van der Waals surface area contributed by atoms with Crippen LogP contribution in [0, 0.1) is 6.92 Å². The van der Waals surface area contributed by atoms with E-state index >= 15 is 0 Å². The summed E-state index contributed by atoms with van der Waals surface area (Å²) in [7, 11) is -4.39. The quantitative estimate of drug-likeness (QED) is 0.134. The van der Waals surface area contributed by atoms with Crippen LogP contribution in [0.15, 0.2) is 65.2 Å². The number of likely N-dealkylation sites (N-methyl/N-ethyl adjacent to an activating group) is 1. The molecule has 10 nitrogen and oxygen atoms in total. The van der Waals surface area contributed by atoms with Crippen molar-refractivity contribution >= 4 is 45.0 Å². The fourth-order valence-corrected chi connectivity index (χ4v) is 7.44. The smallest absolute Gasteiger partial charge is 0.333 e. The second kappa shape index (κ2) is 12.8. The van der Waals surface area contributed by atoms with E-state index in [0.717, 1.165) is 23.5 Å². The van der Waals surface area contributed by atoms with Gasteiger partial charge >= 0.3 is 5.97 Å². The van der Waals surface area contributed by atoms with Gasteiger partial charge in [-0.1, -0.05) is 37.6 Å². The minimum absolute atomic E-state index is 0.0534. The van der Waals surface area contributed by atoms with E-state index in [0.29, 0.717) is 30.9 Å². The van der Waals surface area contributed by atoms with Gasteiger partial charge in [0.2, 0.25) is 5.69 Å². The summed E-state index contributed by atoms with van der Waals surface area (Å²) in [5.74, 6) is -1.61. The van der Waals surface area contributed by atoms with Crippen LogP contribution >= 0.6 is 0 Å². The first kappa shape index (κ1) is 34.3. The lowest BCUT2D eigenvalue weighted by molar-refractivity contribution is -0.438. The summed E-state index contributed by atoms with van der Waals surface area (Å²) in [4.78, 5) is 42.9. The van der Waals surface area contributed by atoms with E-state index < -0.39 is 33.3 Å².